The van der Waals surface area contributed by atoms with E-state index >= 15 is 0 Å². The fraction of sp³-hybridized carbons (Fsp3) is 0.176. The minimum Gasteiger partial charge on any atom is -0.365 e. The molecule has 0 bridgehead atoms. The van der Waals surface area contributed by atoms with Gasteiger partial charge in [-0.1, -0.05) is 29.3 Å². The van der Waals surface area contributed by atoms with Crippen LogP contribution in [-0.2, 0) is 17.6 Å². The number of carbonyl (C=O) groups is 2. The van der Waals surface area contributed by atoms with Crippen LogP contribution in [0.25, 0.3) is 6.08 Å². The van der Waals surface area contributed by atoms with Gasteiger partial charge in [-0.25, -0.2) is 0 Å². The second-order valence-corrected chi connectivity index (χ2v) is 7.36. The van der Waals surface area contributed by atoms with Crippen molar-refractivity contribution in [3.63, 3.8) is 0 Å². The Morgan fingerprint density at radius 3 is 2.75 bits per heavy atom. The minimum atomic E-state index is -0.505. The number of nitrogens with one attached hydrogen (secondary N) is 1. The van der Waals surface area contributed by atoms with Crippen molar-refractivity contribution >= 4 is 57.4 Å². The average molecular weight is 381 g/mol. The predicted molar refractivity (Wildman–Crippen MR) is 99.0 cm³/mol. The Labute approximate surface area is 153 Å². The molecular weight excluding hydrogens is 367 g/mol. The summed E-state index contributed by atoms with van der Waals surface area (Å²) >= 11 is 13.3. The van der Waals surface area contributed by atoms with E-state index in [2.05, 4.69) is 5.32 Å². The van der Waals surface area contributed by atoms with Crippen molar-refractivity contribution in [3.05, 3.63) is 55.9 Å². The van der Waals surface area contributed by atoms with Crippen molar-refractivity contribution in [2.24, 2.45) is 5.73 Å². The lowest BCUT2D eigenvalue weighted by Gasteiger charge is -2.03. The van der Waals surface area contributed by atoms with E-state index in [1.165, 1.54) is 17.4 Å². The van der Waals surface area contributed by atoms with Gasteiger partial charge in [0.25, 0.3) is 5.91 Å². The number of hydrogen-bond donors (Lipinski definition) is 2. The molecule has 7 heteroatoms. The zero-order chi connectivity index (χ0) is 17.3. The molecule has 2 aromatic rings. The van der Waals surface area contributed by atoms with Gasteiger partial charge in [0.05, 0.1) is 5.56 Å². The monoisotopic (exact) mass is 380 g/mol. The van der Waals surface area contributed by atoms with Crippen molar-refractivity contribution in [1.29, 1.82) is 0 Å². The number of rotatable bonds is 4. The standard InChI is InChI=1S/C17H14Cl2N2O2S/c18-10-6-4-9(12(19)8-10)5-7-14(22)21-17-15(16(20)23)11-2-1-3-13(11)24-17/h4-8H,1-3H2,(H2,20,23)(H,21,22). The van der Waals surface area contributed by atoms with E-state index in [9.17, 15) is 9.59 Å². The highest BCUT2D eigenvalue weighted by Gasteiger charge is 2.25. The third kappa shape index (κ3) is 3.48. The molecule has 0 aliphatic heterocycles. The molecule has 1 aliphatic rings. The summed E-state index contributed by atoms with van der Waals surface area (Å²) in [5.74, 6) is -0.849. The summed E-state index contributed by atoms with van der Waals surface area (Å²) in [7, 11) is 0. The first-order chi connectivity index (χ1) is 11.5. The zero-order valence-corrected chi connectivity index (χ0v) is 14.9. The molecule has 1 aliphatic carbocycles. The van der Waals surface area contributed by atoms with E-state index < -0.39 is 5.91 Å². The van der Waals surface area contributed by atoms with Gasteiger partial charge in [0.1, 0.15) is 5.00 Å². The van der Waals surface area contributed by atoms with Crippen LogP contribution in [0, 0.1) is 0 Å². The van der Waals surface area contributed by atoms with Crippen LogP contribution >= 0.6 is 34.5 Å². The van der Waals surface area contributed by atoms with Crippen LogP contribution in [0.15, 0.2) is 24.3 Å². The third-order valence-corrected chi connectivity index (χ3v) is 5.55. The average Bonchev–Trinajstić information content (AvgIpc) is 3.06. The van der Waals surface area contributed by atoms with Gasteiger partial charge in [0.15, 0.2) is 0 Å². The van der Waals surface area contributed by atoms with Crippen molar-refractivity contribution in [2.45, 2.75) is 19.3 Å². The van der Waals surface area contributed by atoms with Crippen LogP contribution in [-0.4, -0.2) is 11.8 Å². The van der Waals surface area contributed by atoms with Crippen LogP contribution in [0.5, 0.6) is 0 Å². The van der Waals surface area contributed by atoms with E-state index in [-0.39, 0.29) is 5.91 Å². The largest absolute Gasteiger partial charge is 0.365 e. The molecule has 1 heterocycles. The van der Waals surface area contributed by atoms with Gasteiger partial charge in [-0.05, 0) is 48.6 Å². The van der Waals surface area contributed by atoms with Gasteiger partial charge in [-0.15, -0.1) is 11.3 Å². The maximum Gasteiger partial charge on any atom is 0.251 e. The molecule has 0 fully saturated rings. The fourth-order valence-corrected chi connectivity index (χ4v) is 4.48. The Morgan fingerprint density at radius 2 is 2.04 bits per heavy atom. The number of anilines is 1. The lowest BCUT2D eigenvalue weighted by molar-refractivity contribution is -0.111. The van der Waals surface area contributed by atoms with E-state index in [1.54, 1.807) is 24.3 Å². The summed E-state index contributed by atoms with van der Waals surface area (Å²) < 4.78 is 0. The van der Waals surface area contributed by atoms with Crippen molar-refractivity contribution in [3.8, 4) is 0 Å². The van der Waals surface area contributed by atoms with Gasteiger partial charge < -0.3 is 11.1 Å². The summed E-state index contributed by atoms with van der Waals surface area (Å²) in [6, 6.07) is 5.03. The second-order valence-electron chi connectivity index (χ2n) is 5.41. The van der Waals surface area contributed by atoms with E-state index in [1.807, 2.05) is 0 Å². The van der Waals surface area contributed by atoms with Crippen LogP contribution in [0.4, 0.5) is 5.00 Å². The quantitative estimate of drug-likeness (QED) is 0.776. The maximum atomic E-state index is 12.2. The Balaban J connectivity index is 1.78. The number of hydrogen-bond acceptors (Lipinski definition) is 3. The van der Waals surface area contributed by atoms with Gasteiger partial charge in [0, 0.05) is 21.0 Å². The molecule has 24 heavy (non-hydrogen) atoms. The van der Waals surface area contributed by atoms with E-state index in [0.717, 1.165) is 29.7 Å². The maximum absolute atomic E-state index is 12.2. The number of nitrogens with two attached hydrogens (primary N) is 1. The highest BCUT2D eigenvalue weighted by molar-refractivity contribution is 7.17. The number of halogens is 2. The smallest absolute Gasteiger partial charge is 0.251 e. The fourth-order valence-electron chi connectivity index (χ4n) is 2.71. The van der Waals surface area contributed by atoms with Crippen molar-refractivity contribution in [1.82, 2.24) is 0 Å². The first-order valence-electron chi connectivity index (χ1n) is 7.34. The zero-order valence-electron chi connectivity index (χ0n) is 12.6. The number of carbonyl (C=O) groups excluding carboxylic acids is 2. The third-order valence-electron chi connectivity index (χ3n) is 3.78. The lowest BCUT2D eigenvalue weighted by Crippen LogP contribution is -2.16. The minimum absolute atomic E-state index is 0.344. The Kier molecular flexibility index (Phi) is 4.94. The molecule has 124 valence electrons. The van der Waals surface area contributed by atoms with Gasteiger partial charge in [0.2, 0.25) is 5.91 Å². The Morgan fingerprint density at radius 1 is 1.25 bits per heavy atom. The number of amides is 2. The molecule has 2 amide bonds. The highest BCUT2D eigenvalue weighted by atomic mass is 35.5. The summed E-state index contributed by atoms with van der Waals surface area (Å²) in [6.45, 7) is 0. The summed E-state index contributed by atoms with van der Waals surface area (Å²) in [6.07, 6.45) is 5.73. The molecule has 1 aromatic carbocycles. The van der Waals surface area contributed by atoms with E-state index in [0.29, 0.717) is 26.2 Å². The van der Waals surface area contributed by atoms with Crippen LogP contribution < -0.4 is 11.1 Å². The van der Waals surface area contributed by atoms with Gasteiger partial charge in [-0.3, -0.25) is 9.59 Å². The molecule has 0 saturated carbocycles. The summed E-state index contributed by atoms with van der Waals surface area (Å²) in [4.78, 5) is 25.0. The van der Waals surface area contributed by atoms with Crippen LogP contribution in [0.2, 0.25) is 10.0 Å². The number of fused-ring (bicyclic) bond motifs is 1. The first kappa shape index (κ1) is 17.0. The lowest BCUT2D eigenvalue weighted by atomic mass is 10.1. The highest BCUT2D eigenvalue weighted by Crippen LogP contribution is 2.38. The molecule has 0 radical (unpaired) electrons. The van der Waals surface area contributed by atoms with Crippen molar-refractivity contribution in [2.75, 3.05) is 5.32 Å². The summed E-state index contributed by atoms with van der Waals surface area (Å²) in [5, 5.41) is 4.25. The van der Waals surface area contributed by atoms with Crippen LogP contribution in [0.1, 0.15) is 32.8 Å². The Bertz CT molecular complexity index is 859. The molecule has 3 N–H and O–H groups in total. The molecule has 1 aromatic heterocycles. The SMILES string of the molecule is NC(=O)c1c(NC(=O)C=Cc2ccc(Cl)cc2Cl)sc2c1CCC2. The number of benzene rings is 1. The Hall–Kier alpha value is -1.82. The van der Waals surface area contributed by atoms with Crippen LogP contribution in [0.3, 0.4) is 0 Å². The van der Waals surface area contributed by atoms with Gasteiger partial charge in [-0.2, -0.15) is 0 Å². The normalized spacial score (nSPS) is 13.2. The number of thiophene rings is 1. The molecule has 0 saturated heterocycles. The first-order valence-corrected chi connectivity index (χ1v) is 8.91. The summed E-state index contributed by atoms with van der Waals surface area (Å²) in [5.41, 5.74) is 7.58. The van der Waals surface area contributed by atoms with Gasteiger partial charge >= 0.3 is 0 Å². The van der Waals surface area contributed by atoms with Crippen molar-refractivity contribution < 1.29 is 9.59 Å². The number of aryl methyl sites for hydroxylation is 1. The second kappa shape index (κ2) is 6.97. The molecule has 0 unspecified atom stereocenters. The topological polar surface area (TPSA) is 72.2 Å². The molecule has 0 spiro atoms. The predicted octanol–water partition coefficient (Wildman–Crippen LogP) is 4.29. The van der Waals surface area contributed by atoms with E-state index in [4.69, 9.17) is 28.9 Å². The molecular formula is C17H14Cl2N2O2S. The number of primary amides is 1. The molecule has 4 nitrogen and oxygen atoms in total. The molecule has 3 rings (SSSR count). The molecule has 0 atom stereocenters.